The van der Waals surface area contributed by atoms with Gasteiger partial charge in [0.05, 0.1) is 31.7 Å². The van der Waals surface area contributed by atoms with Crippen LogP contribution in [-0.2, 0) is 9.53 Å². The van der Waals surface area contributed by atoms with Crippen LogP contribution in [0.2, 0.25) is 0 Å². The highest BCUT2D eigenvalue weighted by Crippen LogP contribution is 2.37. The summed E-state index contributed by atoms with van der Waals surface area (Å²) in [5, 5.41) is 6.29. The number of fused-ring (bicyclic) bond motifs is 1. The van der Waals surface area contributed by atoms with E-state index in [9.17, 15) is 9.59 Å². The molecule has 1 atom stereocenters. The van der Waals surface area contributed by atoms with Gasteiger partial charge in [0.1, 0.15) is 17.6 Å². The molecule has 0 radical (unpaired) electrons. The molecule has 0 bridgehead atoms. The van der Waals surface area contributed by atoms with Crippen LogP contribution in [-0.4, -0.2) is 87.3 Å². The molecule has 2 aliphatic heterocycles. The maximum absolute atomic E-state index is 12.7. The molecule has 1 aromatic heterocycles. The molecule has 2 amide bonds. The number of nitrogens with zero attached hydrogens (tertiary/aromatic N) is 4. The average Bonchev–Trinajstić information content (AvgIpc) is 2.88. The normalized spacial score (nSPS) is 18.3. The van der Waals surface area contributed by atoms with E-state index in [1.165, 1.54) is 0 Å². The summed E-state index contributed by atoms with van der Waals surface area (Å²) in [5.41, 5.74) is 1.99. The van der Waals surface area contributed by atoms with E-state index in [1.54, 1.807) is 31.2 Å². The van der Waals surface area contributed by atoms with E-state index in [4.69, 9.17) is 14.5 Å². The number of nitrogens with one attached hydrogen (secondary N) is 2. The summed E-state index contributed by atoms with van der Waals surface area (Å²) in [6.07, 6.45) is 0. The van der Waals surface area contributed by atoms with E-state index in [0.29, 0.717) is 29.4 Å². The summed E-state index contributed by atoms with van der Waals surface area (Å²) in [6, 6.07) is 8.84. The maximum atomic E-state index is 12.7. The Hall–Kier alpha value is -3.37. The summed E-state index contributed by atoms with van der Waals surface area (Å²) in [4.78, 5) is 36.2. The van der Waals surface area contributed by atoms with Crippen molar-refractivity contribution in [3.8, 4) is 5.75 Å². The van der Waals surface area contributed by atoms with Crippen molar-refractivity contribution in [2.75, 3.05) is 68.7 Å². The monoisotopic (exact) mass is 496 g/mol. The molecule has 4 rings (SSSR count). The van der Waals surface area contributed by atoms with Crippen molar-refractivity contribution in [3.63, 3.8) is 0 Å². The molecule has 2 aliphatic rings. The highest BCUT2D eigenvalue weighted by molar-refractivity contribution is 6.04. The van der Waals surface area contributed by atoms with Crippen LogP contribution in [0.4, 0.5) is 23.0 Å². The number of ether oxygens (including phenoxy) is 2. The molecule has 194 valence electrons. The Morgan fingerprint density at radius 3 is 2.67 bits per heavy atom. The number of rotatable bonds is 8. The molecule has 1 aromatic carbocycles. The summed E-state index contributed by atoms with van der Waals surface area (Å²) < 4.78 is 10.9. The van der Waals surface area contributed by atoms with E-state index in [2.05, 4.69) is 29.4 Å². The Labute approximate surface area is 212 Å². The largest absolute Gasteiger partial charge is 0.495 e. The number of hydrogen-bond donors (Lipinski definition) is 2. The summed E-state index contributed by atoms with van der Waals surface area (Å²) >= 11 is 0. The molecule has 2 N–H and O–H groups in total. The smallest absolute Gasteiger partial charge is 0.251 e. The lowest BCUT2D eigenvalue weighted by atomic mass is 10.1. The van der Waals surface area contributed by atoms with Crippen molar-refractivity contribution < 1.29 is 19.1 Å². The van der Waals surface area contributed by atoms with Gasteiger partial charge in [-0.3, -0.25) is 14.5 Å². The number of methoxy groups -OCH3 is 1. The van der Waals surface area contributed by atoms with Crippen LogP contribution >= 0.6 is 0 Å². The zero-order valence-corrected chi connectivity index (χ0v) is 21.7. The zero-order valence-electron chi connectivity index (χ0n) is 21.7. The first-order valence-electron chi connectivity index (χ1n) is 12.4. The number of amides is 2. The van der Waals surface area contributed by atoms with Crippen LogP contribution in [0.15, 0.2) is 30.3 Å². The number of hydrogen-bond acceptors (Lipinski definition) is 8. The van der Waals surface area contributed by atoms with Crippen molar-refractivity contribution >= 4 is 34.8 Å². The highest BCUT2D eigenvalue weighted by atomic mass is 16.5. The number of morpholine rings is 1. The lowest BCUT2D eigenvalue weighted by molar-refractivity contribution is -0.119. The number of aromatic nitrogens is 1. The fourth-order valence-corrected chi connectivity index (χ4v) is 4.68. The van der Waals surface area contributed by atoms with Gasteiger partial charge in [0, 0.05) is 44.8 Å². The number of carbonyl (C=O) groups is 2. The van der Waals surface area contributed by atoms with Crippen LogP contribution in [0.5, 0.6) is 5.75 Å². The predicted molar refractivity (Wildman–Crippen MR) is 141 cm³/mol. The van der Waals surface area contributed by atoms with Crippen molar-refractivity contribution in [1.82, 2.24) is 15.2 Å². The van der Waals surface area contributed by atoms with Gasteiger partial charge in [0.15, 0.2) is 5.82 Å². The molecule has 36 heavy (non-hydrogen) atoms. The van der Waals surface area contributed by atoms with Crippen LogP contribution in [0, 0.1) is 0 Å². The molecule has 2 aromatic rings. The minimum Gasteiger partial charge on any atom is -0.495 e. The van der Waals surface area contributed by atoms with Crippen molar-refractivity contribution in [1.29, 1.82) is 0 Å². The minimum absolute atomic E-state index is 0.0409. The summed E-state index contributed by atoms with van der Waals surface area (Å²) in [7, 11) is 3.35. The second-order valence-electron chi connectivity index (χ2n) is 9.36. The SMILES string of the molecule is COc1cc(C(=O)NCCN2CCOCC2)ccc1Nc1ccc2c(n1)N(C(C)C)[C@H](C)C(=O)N2C. The molecule has 0 saturated carbocycles. The molecule has 3 heterocycles. The van der Waals surface area contributed by atoms with E-state index in [0.717, 1.165) is 44.4 Å². The first-order valence-corrected chi connectivity index (χ1v) is 12.4. The predicted octanol–water partition coefficient (Wildman–Crippen LogP) is 2.48. The van der Waals surface area contributed by atoms with Crippen LogP contribution in [0.25, 0.3) is 0 Å². The second-order valence-corrected chi connectivity index (χ2v) is 9.36. The van der Waals surface area contributed by atoms with Gasteiger partial charge in [-0.25, -0.2) is 4.98 Å². The molecular weight excluding hydrogens is 460 g/mol. The summed E-state index contributed by atoms with van der Waals surface area (Å²) in [5.74, 6) is 1.81. The number of carbonyl (C=O) groups excluding carboxylic acids is 2. The number of anilines is 4. The average molecular weight is 497 g/mol. The van der Waals surface area contributed by atoms with E-state index < -0.39 is 0 Å². The fourth-order valence-electron chi connectivity index (χ4n) is 4.68. The quantitative estimate of drug-likeness (QED) is 0.575. The maximum Gasteiger partial charge on any atom is 0.251 e. The minimum atomic E-state index is -0.305. The van der Waals surface area contributed by atoms with E-state index in [-0.39, 0.29) is 23.9 Å². The lowest BCUT2D eigenvalue weighted by Gasteiger charge is -2.41. The number of benzene rings is 1. The third-order valence-corrected chi connectivity index (χ3v) is 6.67. The third kappa shape index (κ3) is 5.39. The first-order chi connectivity index (χ1) is 17.3. The van der Waals surface area contributed by atoms with Gasteiger partial charge < -0.3 is 29.9 Å². The first kappa shape index (κ1) is 25.7. The van der Waals surface area contributed by atoms with Gasteiger partial charge in [0.2, 0.25) is 5.91 Å². The van der Waals surface area contributed by atoms with E-state index >= 15 is 0 Å². The summed E-state index contributed by atoms with van der Waals surface area (Å²) in [6.45, 7) is 10.6. The molecule has 0 unspecified atom stereocenters. The lowest BCUT2D eigenvalue weighted by Crippen LogP contribution is -2.53. The van der Waals surface area contributed by atoms with Crippen LogP contribution in [0.1, 0.15) is 31.1 Å². The van der Waals surface area contributed by atoms with E-state index in [1.807, 2.05) is 30.0 Å². The van der Waals surface area contributed by atoms with Crippen LogP contribution in [0.3, 0.4) is 0 Å². The van der Waals surface area contributed by atoms with Crippen molar-refractivity contribution in [2.45, 2.75) is 32.9 Å². The van der Waals surface area contributed by atoms with Crippen molar-refractivity contribution in [2.24, 2.45) is 0 Å². The number of likely N-dealkylation sites (N-methyl/N-ethyl adjacent to an activating group) is 1. The van der Waals surface area contributed by atoms with Gasteiger partial charge in [-0.05, 0) is 51.1 Å². The Morgan fingerprint density at radius 2 is 1.97 bits per heavy atom. The van der Waals surface area contributed by atoms with Gasteiger partial charge in [-0.15, -0.1) is 0 Å². The molecule has 1 saturated heterocycles. The Kier molecular flexibility index (Phi) is 7.95. The number of pyridine rings is 1. The van der Waals surface area contributed by atoms with Gasteiger partial charge in [-0.2, -0.15) is 0 Å². The second kappa shape index (κ2) is 11.1. The standard InChI is InChI=1S/C26H36N6O4/c1-17(2)32-18(3)26(34)30(4)21-8-9-23(29-24(21)32)28-20-7-6-19(16-22(20)35-5)25(33)27-10-11-31-12-14-36-15-13-31/h6-9,16-18H,10-15H2,1-5H3,(H,27,33)(H,28,29)/t18-/m1/s1. The zero-order chi connectivity index (χ0) is 25.8. The third-order valence-electron chi connectivity index (χ3n) is 6.67. The van der Waals surface area contributed by atoms with Gasteiger partial charge >= 0.3 is 0 Å². The highest BCUT2D eigenvalue weighted by Gasteiger charge is 2.36. The Balaban J connectivity index is 1.47. The van der Waals surface area contributed by atoms with Crippen LogP contribution < -0.4 is 25.2 Å². The topological polar surface area (TPSA) is 99.3 Å². The molecule has 10 heteroatoms. The molecular formula is C26H36N6O4. The Morgan fingerprint density at radius 1 is 1.22 bits per heavy atom. The van der Waals surface area contributed by atoms with Gasteiger partial charge in [-0.1, -0.05) is 0 Å². The molecule has 0 spiro atoms. The molecule has 10 nitrogen and oxygen atoms in total. The Bertz CT molecular complexity index is 1100. The molecule has 0 aliphatic carbocycles. The van der Waals surface area contributed by atoms with Crippen molar-refractivity contribution in [3.05, 3.63) is 35.9 Å². The molecule has 1 fully saturated rings. The van der Waals surface area contributed by atoms with Gasteiger partial charge in [0.25, 0.3) is 5.91 Å². The fraction of sp³-hybridized carbons (Fsp3) is 0.500.